The van der Waals surface area contributed by atoms with Crippen LogP contribution in [0.2, 0.25) is 10.0 Å². The Labute approximate surface area is 151 Å². The van der Waals surface area contributed by atoms with E-state index in [1.165, 1.54) is 18.2 Å². The predicted octanol–water partition coefficient (Wildman–Crippen LogP) is 4.23. The first-order chi connectivity index (χ1) is 11.1. The Morgan fingerprint density at radius 2 is 1.67 bits per heavy atom. The highest BCUT2D eigenvalue weighted by Crippen LogP contribution is 2.26. The van der Waals surface area contributed by atoms with Gasteiger partial charge in [-0.15, -0.1) is 0 Å². The first-order valence-electron chi connectivity index (χ1n) is 7.13. The van der Waals surface area contributed by atoms with Crippen molar-refractivity contribution in [3.8, 4) is 0 Å². The summed E-state index contributed by atoms with van der Waals surface area (Å²) in [6, 6.07) is 11.3. The van der Waals surface area contributed by atoms with E-state index >= 15 is 0 Å². The van der Waals surface area contributed by atoms with Gasteiger partial charge >= 0.3 is 0 Å². The SMILES string of the molecule is CC(c1ccc(Cl)cc1)N(C)C(=O)c1ccc(Cl)c(S(C)(=O)=O)c1. The van der Waals surface area contributed by atoms with E-state index in [9.17, 15) is 13.2 Å². The molecule has 0 spiro atoms. The molecule has 0 radical (unpaired) electrons. The van der Waals surface area contributed by atoms with E-state index in [2.05, 4.69) is 0 Å². The third kappa shape index (κ3) is 4.09. The molecule has 0 aliphatic heterocycles. The summed E-state index contributed by atoms with van der Waals surface area (Å²) in [5, 5.41) is 0.720. The van der Waals surface area contributed by atoms with Crippen LogP contribution < -0.4 is 0 Å². The average molecular weight is 386 g/mol. The summed E-state index contributed by atoms with van der Waals surface area (Å²) in [5.41, 5.74) is 1.19. The van der Waals surface area contributed by atoms with E-state index in [0.29, 0.717) is 5.02 Å². The van der Waals surface area contributed by atoms with Crippen molar-refractivity contribution in [3.05, 3.63) is 63.6 Å². The molecular weight excluding hydrogens is 369 g/mol. The van der Waals surface area contributed by atoms with Crippen LogP contribution in [0.4, 0.5) is 0 Å². The minimum Gasteiger partial charge on any atom is -0.335 e. The number of rotatable bonds is 4. The Morgan fingerprint density at radius 3 is 2.21 bits per heavy atom. The molecular formula is C17H17Cl2NO3S. The van der Waals surface area contributed by atoms with Gasteiger partial charge in [-0.3, -0.25) is 4.79 Å². The van der Waals surface area contributed by atoms with Crippen LogP contribution in [0.25, 0.3) is 0 Å². The molecule has 1 atom stereocenters. The molecule has 0 aliphatic carbocycles. The third-order valence-corrected chi connectivity index (χ3v) is 5.66. The van der Waals surface area contributed by atoms with Gasteiger partial charge in [-0.2, -0.15) is 0 Å². The highest BCUT2D eigenvalue weighted by Gasteiger charge is 2.21. The fourth-order valence-electron chi connectivity index (χ4n) is 2.26. The van der Waals surface area contributed by atoms with Gasteiger partial charge in [-0.1, -0.05) is 35.3 Å². The average Bonchev–Trinajstić information content (AvgIpc) is 2.53. The van der Waals surface area contributed by atoms with E-state index in [-0.39, 0.29) is 27.4 Å². The summed E-state index contributed by atoms with van der Waals surface area (Å²) in [6.07, 6.45) is 1.06. The number of amides is 1. The number of carbonyl (C=O) groups is 1. The topological polar surface area (TPSA) is 54.5 Å². The molecule has 0 heterocycles. The van der Waals surface area contributed by atoms with Crippen LogP contribution in [-0.4, -0.2) is 32.5 Å². The number of nitrogens with zero attached hydrogens (tertiary/aromatic N) is 1. The van der Waals surface area contributed by atoms with Gasteiger partial charge in [0.1, 0.15) is 0 Å². The maximum Gasteiger partial charge on any atom is 0.254 e. The molecule has 0 fully saturated rings. The Hall–Kier alpha value is -1.56. The van der Waals surface area contributed by atoms with E-state index in [0.717, 1.165) is 11.8 Å². The van der Waals surface area contributed by atoms with Gasteiger partial charge in [0, 0.05) is 23.9 Å². The molecule has 24 heavy (non-hydrogen) atoms. The number of halogens is 2. The normalized spacial score (nSPS) is 12.7. The van der Waals surface area contributed by atoms with Crippen molar-refractivity contribution in [2.75, 3.05) is 13.3 Å². The van der Waals surface area contributed by atoms with Crippen molar-refractivity contribution in [2.24, 2.45) is 0 Å². The summed E-state index contributed by atoms with van der Waals surface area (Å²) in [7, 11) is -1.85. The van der Waals surface area contributed by atoms with Gasteiger partial charge in [0.15, 0.2) is 9.84 Å². The quantitative estimate of drug-likeness (QED) is 0.790. The number of hydrogen-bond acceptors (Lipinski definition) is 3. The fraction of sp³-hybridized carbons (Fsp3) is 0.235. The summed E-state index contributed by atoms with van der Waals surface area (Å²) < 4.78 is 23.5. The van der Waals surface area contributed by atoms with Crippen LogP contribution in [0, 0.1) is 0 Å². The molecule has 0 N–H and O–H groups in total. The second-order valence-electron chi connectivity index (χ2n) is 5.56. The van der Waals surface area contributed by atoms with Crippen molar-refractivity contribution >= 4 is 38.9 Å². The monoisotopic (exact) mass is 385 g/mol. The highest BCUT2D eigenvalue weighted by molar-refractivity contribution is 7.90. The molecule has 1 unspecified atom stereocenters. The van der Waals surface area contributed by atoms with Crippen molar-refractivity contribution in [3.63, 3.8) is 0 Å². The van der Waals surface area contributed by atoms with E-state index < -0.39 is 9.84 Å². The van der Waals surface area contributed by atoms with Crippen molar-refractivity contribution in [1.29, 1.82) is 0 Å². The molecule has 0 aromatic heterocycles. The molecule has 7 heteroatoms. The van der Waals surface area contributed by atoms with Gasteiger partial charge in [-0.05, 0) is 42.8 Å². The Bertz CT molecular complexity index is 864. The van der Waals surface area contributed by atoms with Crippen molar-refractivity contribution in [1.82, 2.24) is 4.90 Å². The fourth-order valence-corrected chi connectivity index (χ4v) is 3.69. The smallest absolute Gasteiger partial charge is 0.254 e. The van der Waals surface area contributed by atoms with Crippen molar-refractivity contribution < 1.29 is 13.2 Å². The van der Waals surface area contributed by atoms with Crippen LogP contribution in [0.5, 0.6) is 0 Å². The predicted molar refractivity (Wildman–Crippen MR) is 96.5 cm³/mol. The molecule has 128 valence electrons. The van der Waals surface area contributed by atoms with Crippen LogP contribution in [-0.2, 0) is 9.84 Å². The molecule has 4 nitrogen and oxygen atoms in total. The van der Waals surface area contributed by atoms with E-state index in [1.54, 1.807) is 24.1 Å². The molecule has 0 saturated heterocycles. The molecule has 0 bridgehead atoms. The minimum absolute atomic E-state index is 0.0532. The first kappa shape index (κ1) is 18.8. The van der Waals surface area contributed by atoms with Crippen LogP contribution in [0.1, 0.15) is 28.9 Å². The number of sulfone groups is 1. The van der Waals surface area contributed by atoms with Gasteiger partial charge in [0.2, 0.25) is 0 Å². The summed E-state index contributed by atoms with van der Waals surface area (Å²) in [5.74, 6) is -0.293. The maximum absolute atomic E-state index is 12.7. The van der Waals surface area contributed by atoms with Gasteiger partial charge in [-0.25, -0.2) is 8.42 Å². The minimum atomic E-state index is -3.51. The number of hydrogen-bond donors (Lipinski definition) is 0. The van der Waals surface area contributed by atoms with E-state index in [4.69, 9.17) is 23.2 Å². The lowest BCUT2D eigenvalue weighted by molar-refractivity contribution is 0.0742. The molecule has 0 aliphatic rings. The largest absolute Gasteiger partial charge is 0.335 e. The van der Waals surface area contributed by atoms with Crippen LogP contribution >= 0.6 is 23.2 Å². The molecule has 1 amide bonds. The molecule has 2 aromatic carbocycles. The summed E-state index contributed by atoms with van der Waals surface area (Å²) in [6.45, 7) is 1.88. The second-order valence-corrected chi connectivity index (χ2v) is 8.39. The third-order valence-electron chi connectivity index (χ3n) is 3.83. The standard InChI is InChI=1S/C17H17Cl2NO3S/c1-11(12-4-7-14(18)8-5-12)20(2)17(21)13-6-9-15(19)16(10-13)24(3,22)23/h4-11H,1-3H3. The Balaban J connectivity index is 2.32. The van der Waals surface area contributed by atoms with Crippen LogP contribution in [0.15, 0.2) is 47.4 Å². The number of carbonyl (C=O) groups excluding carboxylic acids is 1. The van der Waals surface area contributed by atoms with Crippen LogP contribution in [0.3, 0.4) is 0 Å². The lowest BCUT2D eigenvalue weighted by Crippen LogP contribution is -2.29. The number of benzene rings is 2. The van der Waals surface area contributed by atoms with E-state index in [1.807, 2.05) is 19.1 Å². The van der Waals surface area contributed by atoms with Gasteiger partial charge < -0.3 is 4.90 Å². The lowest BCUT2D eigenvalue weighted by atomic mass is 10.1. The second kappa shape index (κ2) is 7.13. The Kier molecular flexibility index (Phi) is 5.58. The highest BCUT2D eigenvalue weighted by atomic mass is 35.5. The lowest BCUT2D eigenvalue weighted by Gasteiger charge is -2.25. The summed E-state index contributed by atoms with van der Waals surface area (Å²) >= 11 is 11.8. The molecule has 2 rings (SSSR count). The molecule has 0 saturated carbocycles. The zero-order valence-corrected chi connectivity index (χ0v) is 15.8. The molecule has 2 aromatic rings. The Morgan fingerprint density at radius 1 is 1.08 bits per heavy atom. The summed E-state index contributed by atoms with van der Waals surface area (Å²) in [4.78, 5) is 14.2. The zero-order valence-electron chi connectivity index (χ0n) is 13.5. The van der Waals surface area contributed by atoms with Gasteiger partial charge in [0.05, 0.1) is 16.0 Å². The zero-order chi connectivity index (χ0) is 18.1. The van der Waals surface area contributed by atoms with Crippen molar-refractivity contribution in [2.45, 2.75) is 17.9 Å². The maximum atomic E-state index is 12.7. The van der Waals surface area contributed by atoms with Gasteiger partial charge in [0.25, 0.3) is 5.91 Å². The first-order valence-corrected chi connectivity index (χ1v) is 9.78.